The number of hydrogen-bond donors (Lipinski definition) is 2. The zero-order valence-electron chi connectivity index (χ0n) is 18.9. The van der Waals surface area contributed by atoms with Crippen LogP contribution in [0.1, 0.15) is 18.4 Å². The summed E-state index contributed by atoms with van der Waals surface area (Å²) < 4.78 is 11.1. The van der Waals surface area contributed by atoms with Crippen molar-refractivity contribution in [3.63, 3.8) is 0 Å². The minimum Gasteiger partial charge on any atom is -0.486 e. The third kappa shape index (κ3) is 4.56. The highest BCUT2D eigenvalue weighted by Crippen LogP contribution is 2.32. The number of fused-ring (bicyclic) bond motifs is 2. The number of anilines is 1. The molecule has 4 amide bonds. The van der Waals surface area contributed by atoms with Crippen molar-refractivity contribution in [2.45, 2.75) is 31.3 Å². The van der Waals surface area contributed by atoms with Gasteiger partial charge in [0.05, 0.1) is 6.04 Å². The molecule has 3 aliphatic heterocycles. The highest BCUT2D eigenvalue weighted by Gasteiger charge is 2.47. The van der Waals surface area contributed by atoms with E-state index in [9.17, 15) is 14.4 Å². The fourth-order valence-electron chi connectivity index (χ4n) is 4.77. The van der Waals surface area contributed by atoms with Crippen molar-refractivity contribution in [3.8, 4) is 11.5 Å². The number of piperidine rings is 1. The molecule has 0 spiro atoms. The molecule has 3 aliphatic rings. The van der Waals surface area contributed by atoms with Crippen LogP contribution in [0, 0.1) is 0 Å². The standard InChI is InChI=1S/C25H28N4O5/c30-22(27-18-8-9-20-21(15-18)34-14-13-33-20)16-29-19-7-4-11-26-23(19)24(31)28(25(29)32)12-10-17-5-2-1-3-6-17/h1-3,5-6,8-9,15,19,23,26H,4,7,10-14,16H2,(H,27,30). The average molecular weight is 465 g/mol. The van der Waals surface area contributed by atoms with Crippen molar-refractivity contribution in [2.24, 2.45) is 0 Å². The van der Waals surface area contributed by atoms with Gasteiger partial charge in [-0.1, -0.05) is 30.3 Å². The predicted molar refractivity (Wildman–Crippen MR) is 125 cm³/mol. The summed E-state index contributed by atoms with van der Waals surface area (Å²) in [5.41, 5.74) is 1.61. The molecule has 2 aromatic rings. The van der Waals surface area contributed by atoms with Crippen molar-refractivity contribution in [1.82, 2.24) is 15.1 Å². The number of amides is 4. The maximum absolute atomic E-state index is 13.4. The molecule has 5 rings (SSSR count). The Bertz CT molecular complexity index is 1080. The molecule has 2 atom stereocenters. The monoisotopic (exact) mass is 464 g/mol. The SMILES string of the molecule is O=C(CN1C(=O)N(CCc2ccccc2)C(=O)C2NCCCC21)Nc1ccc2c(c1)OCCO2. The van der Waals surface area contributed by atoms with Gasteiger partial charge in [0.25, 0.3) is 0 Å². The van der Waals surface area contributed by atoms with Gasteiger partial charge in [-0.25, -0.2) is 4.79 Å². The van der Waals surface area contributed by atoms with E-state index in [1.54, 1.807) is 18.2 Å². The molecule has 3 heterocycles. The van der Waals surface area contributed by atoms with Gasteiger partial charge in [0.2, 0.25) is 11.8 Å². The van der Waals surface area contributed by atoms with Gasteiger partial charge in [-0.3, -0.25) is 14.5 Å². The maximum atomic E-state index is 13.4. The van der Waals surface area contributed by atoms with Crippen LogP contribution in [0.2, 0.25) is 0 Å². The van der Waals surface area contributed by atoms with Crippen molar-refractivity contribution >= 4 is 23.5 Å². The zero-order chi connectivity index (χ0) is 23.5. The number of hydrogen-bond acceptors (Lipinski definition) is 6. The highest BCUT2D eigenvalue weighted by molar-refractivity contribution is 6.03. The van der Waals surface area contributed by atoms with Crippen LogP contribution in [0.25, 0.3) is 0 Å². The second-order valence-corrected chi connectivity index (χ2v) is 8.68. The molecule has 2 N–H and O–H groups in total. The van der Waals surface area contributed by atoms with Gasteiger partial charge in [0, 0.05) is 18.3 Å². The second kappa shape index (κ2) is 9.72. The molecule has 2 fully saturated rings. The lowest BCUT2D eigenvalue weighted by Crippen LogP contribution is -2.70. The Labute approximate surface area is 198 Å². The third-order valence-electron chi connectivity index (χ3n) is 6.44. The summed E-state index contributed by atoms with van der Waals surface area (Å²) in [5.74, 6) is 0.673. The Morgan fingerprint density at radius 2 is 1.85 bits per heavy atom. The van der Waals surface area contributed by atoms with E-state index in [1.807, 2.05) is 30.3 Å². The molecular weight excluding hydrogens is 436 g/mol. The fraction of sp³-hybridized carbons (Fsp3) is 0.400. The van der Waals surface area contributed by atoms with E-state index >= 15 is 0 Å². The first kappa shape index (κ1) is 22.2. The summed E-state index contributed by atoms with van der Waals surface area (Å²) in [7, 11) is 0. The number of carbonyl (C=O) groups excluding carboxylic acids is 3. The van der Waals surface area contributed by atoms with Gasteiger partial charge in [0.15, 0.2) is 11.5 Å². The average Bonchev–Trinajstić information content (AvgIpc) is 2.87. The molecule has 0 aliphatic carbocycles. The van der Waals surface area contributed by atoms with E-state index in [2.05, 4.69) is 10.6 Å². The smallest absolute Gasteiger partial charge is 0.327 e. The quantitative estimate of drug-likeness (QED) is 0.679. The Kier molecular flexibility index (Phi) is 6.35. The molecule has 9 heteroatoms. The van der Waals surface area contributed by atoms with Crippen molar-refractivity contribution in [1.29, 1.82) is 0 Å². The van der Waals surface area contributed by atoms with Gasteiger partial charge in [0.1, 0.15) is 25.8 Å². The van der Waals surface area contributed by atoms with E-state index < -0.39 is 12.1 Å². The number of nitrogens with one attached hydrogen (secondary N) is 2. The Morgan fingerprint density at radius 1 is 1.06 bits per heavy atom. The number of rotatable bonds is 6. The minimum absolute atomic E-state index is 0.134. The number of benzene rings is 2. The summed E-state index contributed by atoms with van der Waals surface area (Å²) in [5, 5.41) is 6.11. The summed E-state index contributed by atoms with van der Waals surface area (Å²) in [6.45, 7) is 1.80. The molecule has 2 aromatic carbocycles. The molecule has 0 aromatic heterocycles. The van der Waals surface area contributed by atoms with Crippen LogP contribution in [-0.4, -0.2) is 72.6 Å². The number of urea groups is 1. The summed E-state index contributed by atoms with van der Waals surface area (Å²) in [6, 6.07) is 13.7. The first-order chi connectivity index (χ1) is 16.6. The van der Waals surface area contributed by atoms with Crippen molar-refractivity contribution < 1.29 is 23.9 Å². The van der Waals surface area contributed by atoms with Gasteiger partial charge >= 0.3 is 6.03 Å². The van der Waals surface area contributed by atoms with Crippen LogP contribution < -0.4 is 20.1 Å². The van der Waals surface area contributed by atoms with Crippen LogP contribution in [0.4, 0.5) is 10.5 Å². The van der Waals surface area contributed by atoms with Crippen LogP contribution in [0.3, 0.4) is 0 Å². The lowest BCUT2D eigenvalue weighted by atomic mass is 9.93. The zero-order valence-corrected chi connectivity index (χ0v) is 18.9. The largest absolute Gasteiger partial charge is 0.486 e. The normalized spacial score (nSPS) is 21.8. The van der Waals surface area contributed by atoms with Crippen molar-refractivity contribution in [3.05, 3.63) is 54.1 Å². The fourth-order valence-corrected chi connectivity index (χ4v) is 4.77. The molecule has 34 heavy (non-hydrogen) atoms. The summed E-state index contributed by atoms with van der Waals surface area (Å²) >= 11 is 0. The van der Waals surface area contributed by atoms with E-state index in [1.165, 1.54) is 9.80 Å². The number of nitrogens with zero attached hydrogens (tertiary/aromatic N) is 2. The molecule has 2 saturated heterocycles. The van der Waals surface area contributed by atoms with Crippen LogP contribution in [0.15, 0.2) is 48.5 Å². The second-order valence-electron chi connectivity index (χ2n) is 8.68. The Balaban J connectivity index is 1.29. The maximum Gasteiger partial charge on any atom is 0.327 e. The predicted octanol–water partition coefficient (Wildman–Crippen LogP) is 2.02. The van der Waals surface area contributed by atoms with Gasteiger partial charge < -0.3 is 25.0 Å². The van der Waals surface area contributed by atoms with E-state index in [0.29, 0.717) is 49.8 Å². The first-order valence-electron chi connectivity index (χ1n) is 11.7. The first-order valence-corrected chi connectivity index (χ1v) is 11.7. The highest BCUT2D eigenvalue weighted by atomic mass is 16.6. The summed E-state index contributed by atoms with van der Waals surface area (Å²) in [6.07, 6.45) is 2.08. The Hall–Kier alpha value is -3.59. The summed E-state index contributed by atoms with van der Waals surface area (Å²) in [4.78, 5) is 42.3. The van der Waals surface area contributed by atoms with Gasteiger partial charge in [-0.05, 0) is 43.5 Å². The molecule has 0 saturated carbocycles. The lowest BCUT2D eigenvalue weighted by Gasteiger charge is -2.46. The van der Waals surface area contributed by atoms with Gasteiger partial charge in [-0.15, -0.1) is 0 Å². The molecule has 0 radical (unpaired) electrons. The van der Waals surface area contributed by atoms with Crippen LogP contribution in [0.5, 0.6) is 11.5 Å². The van der Waals surface area contributed by atoms with E-state index in [0.717, 1.165) is 12.0 Å². The molecule has 2 unspecified atom stereocenters. The minimum atomic E-state index is -0.496. The number of carbonyl (C=O) groups is 3. The molecule has 0 bridgehead atoms. The van der Waals surface area contributed by atoms with Crippen molar-refractivity contribution in [2.75, 3.05) is 38.2 Å². The van der Waals surface area contributed by atoms with E-state index in [4.69, 9.17) is 9.47 Å². The molecule has 9 nitrogen and oxygen atoms in total. The number of imide groups is 1. The van der Waals surface area contributed by atoms with Crippen LogP contribution in [-0.2, 0) is 16.0 Å². The topological polar surface area (TPSA) is 100 Å². The van der Waals surface area contributed by atoms with E-state index in [-0.39, 0.29) is 30.9 Å². The third-order valence-corrected chi connectivity index (χ3v) is 6.44. The van der Waals surface area contributed by atoms with Gasteiger partial charge in [-0.2, -0.15) is 0 Å². The number of ether oxygens (including phenoxy) is 2. The molecule has 178 valence electrons. The molecular formula is C25H28N4O5. The lowest BCUT2D eigenvalue weighted by molar-refractivity contribution is -0.138. The van der Waals surface area contributed by atoms with Crippen LogP contribution >= 0.6 is 0 Å². The Morgan fingerprint density at radius 3 is 2.68 bits per heavy atom.